The average molecular weight is 954 g/mol. The van der Waals surface area contributed by atoms with E-state index in [2.05, 4.69) is 19.6 Å². The molecule has 3 unspecified atom stereocenters. The van der Waals surface area contributed by atoms with E-state index in [1.54, 1.807) is 23.1 Å². The number of hydrogen-bond acceptors (Lipinski definition) is 7. The number of benzene rings is 1. The molecule has 2 aromatic rings. The van der Waals surface area contributed by atoms with Crippen LogP contribution >= 0.6 is 23.1 Å². The number of thiazole rings is 1. The van der Waals surface area contributed by atoms with Gasteiger partial charge in [0.05, 0.1) is 28.5 Å². The van der Waals surface area contributed by atoms with Crippen LogP contribution in [0.1, 0.15) is 46.0 Å². The Balaban J connectivity index is 0.00000180. The molecule has 0 amide bonds. The van der Waals surface area contributed by atoms with Crippen LogP contribution < -0.4 is 0 Å². The molecule has 5 nitrogen and oxygen atoms in total. The minimum absolute atomic E-state index is 0. The Morgan fingerprint density at radius 2 is 2.03 bits per heavy atom. The Labute approximate surface area is 293 Å². The summed E-state index contributed by atoms with van der Waals surface area (Å²) in [6, 6.07) is 8.11. The largest absolute Gasteiger partial charge is 0.458 e. The second kappa shape index (κ2) is 12.8. The molecule has 1 aliphatic heterocycles. The van der Waals surface area contributed by atoms with Gasteiger partial charge in [0.2, 0.25) is 0 Å². The van der Waals surface area contributed by atoms with E-state index in [1.165, 1.54) is 5.57 Å². The second-order valence-electron chi connectivity index (χ2n) is 10.6. The number of hydrogen-bond donors (Lipinski definition) is 2. The van der Waals surface area contributed by atoms with Crippen molar-refractivity contribution in [3.8, 4) is 0 Å². The van der Waals surface area contributed by atoms with Gasteiger partial charge in [-0.05, 0) is 67.6 Å². The molecule has 1 aromatic carbocycles. The van der Waals surface area contributed by atoms with Gasteiger partial charge in [0.15, 0.2) is 4.34 Å². The molecular weight excluding hydrogens is 920 g/mol. The topological polar surface area (TPSA) is 79.7 Å². The van der Waals surface area contributed by atoms with Crippen molar-refractivity contribution in [3.63, 3.8) is 0 Å². The molecule has 188 valence electrons. The first-order valence-corrected chi connectivity index (χ1v) is 13.8. The van der Waals surface area contributed by atoms with Crippen LogP contribution in [0, 0.1) is 111 Å². The average Bonchev–Trinajstić information content (AvgIpc) is 3.43. The number of aliphatic hydroxyl groups excluding tert-OH is 2. The Morgan fingerprint density at radius 3 is 2.69 bits per heavy atom. The molecule has 3 aliphatic rings. The van der Waals surface area contributed by atoms with E-state index < -0.39 is 11.5 Å². The van der Waals surface area contributed by atoms with Crippen molar-refractivity contribution in [3.05, 3.63) is 48.1 Å². The molecule has 2 saturated carbocycles. The third-order valence-electron chi connectivity index (χ3n) is 8.76. The van der Waals surface area contributed by atoms with Crippen molar-refractivity contribution in [2.45, 2.75) is 61.6 Å². The van der Waals surface area contributed by atoms with Gasteiger partial charge >= 0.3 is 5.97 Å². The maximum atomic E-state index is 12.6. The number of carbonyl (C=O) groups is 1. The number of cyclic esters (lactones) is 1. The van der Waals surface area contributed by atoms with Gasteiger partial charge < -0.3 is 14.9 Å². The van der Waals surface area contributed by atoms with Gasteiger partial charge in [0, 0.05) is 98.8 Å². The summed E-state index contributed by atoms with van der Waals surface area (Å²) in [7, 11) is 0. The monoisotopic (exact) mass is 953 g/mol. The van der Waals surface area contributed by atoms with Gasteiger partial charge in [-0.15, -0.1) is 11.3 Å². The molecule has 36 heavy (non-hydrogen) atoms. The normalized spacial score (nSPS) is 32.7. The first-order chi connectivity index (χ1) is 16.3. The summed E-state index contributed by atoms with van der Waals surface area (Å²) in [6.07, 6.45) is 5.57. The molecule has 9 heteroatoms. The molecule has 1 aromatic heterocycles. The Morgan fingerprint density at radius 1 is 1.28 bits per heavy atom. The summed E-state index contributed by atoms with van der Waals surface area (Å²) in [6.45, 7) is 9.14. The maximum Gasteiger partial charge on any atom is 0.335 e. The minimum atomic E-state index is -0.521. The molecule has 2 heterocycles. The predicted octanol–water partition coefficient (Wildman–Crippen LogP) is 5.37. The molecular formula is C27H33Ac2NO4S2. The van der Waals surface area contributed by atoms with Crippen molar-refractivity contribution < 1.29 is 108 Å². The van der Waals surface area contributed by atoms with E-state index in [0.29, 0.717) is 13.0 Å². The maximum absolute atomic E-state index is 12.6. The molecule has 0 bridgehead atoms. The third-order valence-corrected chi connectivity index (χ3v) is 11.2. The summed E-state index contributed by atoms with van der Waals surface area (Å²) in [4.78, 5) is 17.5. The Hall–Kier alpha value is 1.21. The number of aliphatic hydroxyl groups is 2. The second-order valence-corrected chi connectivity index (χ2v) is 13.1. The van der Waals surface area contributed by atoms with Crippen LogP contribution in [0.2, 0.25) is 0 Å². The van der Waals surface area contributed by atoms with E-state index in [-0.39, 0.29) is 123 Å². The van der Waals surface area contributed by atoms with Gasteiger partial charge in [-0.1, -0.05) is 49.9 Å². The molecule has 0 saturated heterocycles. The standard InChI is InChI=1S/C27H33NO4S2.2Ac/c1-16-8-9-22-26(2,12-10-23(30)27(22,3)15-29)18(16)14-21(17-11-13-32-24(17)31)34-25-28-19-6-4-5-7-20(19)33-25;;/h4-7,11,18,21-23,29-30H,1,8-10,12-15H2,2-3H3;;/t18-,21?,22?,23?,26+,27-;;/m0../s1. The number of rotatable bonds is 6. The third kappa shape index (κ3) is 5.81. The molecule has 2 fully saturated rings. The SMILES string of the molecule is C=C1CCC2[C@](C)(CO)C(O)CC[C@]2(C)[C@H]1CC(Sc1nc2ccccc2s1)C1=CCOC1=O.[Ac].[Ac]. The van der Waals surface area contributed by atoms with E-state index in [9.17, 15) is 15.0 Å². The molecule has 6 atom stereocenters. The van der Waals surface area contributed by atoms with Crippen molar-refractivity contribution in [2.24, 2.45) is 22.7 Å². The van der Waals surface area contributed by atoms with Gasteiger partial charge in [0.25, 0.3) is 0 Å². The summed E-state index contributed by atoms with van der Waals surface area (Å²) in [5.74, 6) is 0.147. The zero-order valence-electron chi connectivity index (χ0n) is 21.0. The molecule has 2 N–H and O–H groups in total. The van der Waals surface area contributed by atoms with E-state index in [0.717, 1.165) is 45.8 Å². The number of allylic oxidation sites excluding steroid dienone is 1. The van der Waals surface area contributed by atoms with Crippen molar-refractivity contribution in [1.29, 1.82) is 0 Å². The number of ether oxygens (including phenoxy) is 1. The molecule has 0 spiro atoms. The number of fused-ring (bicyclic) bond motifs is 2. The first-order valence-electron chi connectivity index (χ1n) is 12.1. The zero-order chi connectivity index (χ0) is 24.1. The van der Waals surface area contributed by atoms with Crippen LogP contribution in [0.5, 0.6) is 0 Å². The zero-order valence-corrected chi connectivity index (χ0v) is 32.1. The quantitative estimate of drug-likeness (QED) is 0.231. The van der Waals surface area contributed by atoms with Crippen molar-refractivity contribution in [2.75, 3.05) is 13.2 Å². The summed E-state index contributed by atoms with van der Waals surface area (Å²) in [5.41, 5.74) is 2.31. The molecule has 2 aliphatic carbocycles. The minimum Gasteiger partial charge on any atom is -0.458 e. The number of carbonyl (C=O) groups excluding carboxylic acids is 1. The van der Waals surface area contributed by atoms with Gasteiger partial charge in [0.1, 0.15) is 6.61 Å². The Bertz CT molecular complexity index is 1120. The summed E-state index contributed by atoms with van der Waals surface area (Å²) in [5, 5.41) is 21.1. The van der Waals surface area contributed by atoms with Crippen molar-refractivity contribution >= 4 is 39.3 Å². The van der Waals surface area contributed by atoms with E-state index >= 15 is 0 Å². The fraction of sp³-hybridized carbons (Fsp3) is 0.556. The molecule has 2 radical (unpaired) electrons. The van der Waals surface area contributed by atoms with E-state index in [1.807, 2.05) is 31.2 Å². The van der Waals surface area contributed by atoms with Crippen LogP contribution in [0.3, 0.4) is 0 Å². The number of esters is 1. The first kappa shape index (κ1) is 31.7. The fourth-order valence-electron chi connectivity index (χ4n) is 6.75. The van der Waals surface area contributed by atoms with Crippen LogP contribution in [-0.4, -0.2) is 45.7 Å². The van der Waals surface area contributed by atoms with Crippen LogP contribution in [-0.2, 0) is 9.53 Å². The number of thioether (sulfide) groups is 1. The van der Waals surface area contributed by atoms with Crippen LogP contribution in [0.15, 0.2) is 52.4 Å². The van der Waals surface area contributed by atoms with Gasteiger partial charge in [-0.25, -0.2) is 9.78 Å². The van der Waals surface area contributed by atoms with Gasteiger partial charge in [-0.3, -0.25) is 0 Å². The summed E-state index contributed by atoms with van der Waals surface area (Å²) >= 11 is 3.31. The number of nitrogens with zero attached hydrogens (tertiary/aromatic N) is 1. The van der Waals surface area contributed by atoms with Gasteiger partial charge in [-0.2, -0.15) is 0 Å². The number of aromatic nitrogens is 1. The smallest absolute Gasteiger partial charge is 0.335 e. The van der Waals surface area contributed by atoms with E-state index in [4.69, 9.17) is 9.72 Å². The van der Waals surface area contributed by atoms with Crippen molar-refractivity contribution in [1.82, 2.24) is 4.98 Å². The summed E-state index contributed by atoms with van der Waals surface area (Å²) < 4.78 is 7.40. The Kier molecular flexibility index (Phi) is 11.3. The predicted molar refractivity (Wildman–Crippen MR) is 137 cm³/mol. The van der Waals surface area contributed by atoms with Crippen LogP contribution in [0.25, 0.3) is 10.2 Å². The molecule has 5 rings (SSSR count). The van der Waals surface area contributed by atoms with Crippen LogP contribution in [0.4, 0.5) is 0 Å². The fourth-order valence-corrected chi connectivity index (χ4v) is 9.26. The number of para-hydroxylation sites is 1.